The Morgan fingerprint density at radius 1 is 1.26 bits per heavy atom. The number of hydrogen-bond donors (Lipinski definition) is 1. The van der Waals surface area contributed by atoms with Crippen LogP contribution in [0, 0.1) is 0 Å². The Hall–Kier alpha value is -1.06. The highest BCUT2D eigenvalue weighted by Gasteiger charge is 2.18. The molecule has 0 saturated carbocycles. The molecule has 0 aliphatic heterocycles. The highest BCUT2D eigenvalue weighted by molar-refractivity contribution is 5.85. The molecule has 1 atom stereocenters. The minimum atomic E-state index is -0.103. The third-order valence-corrected chi connectivity index (χ3v) is 2.98. The van der Waals surface area contributed by atoms with E-state index in [0.717, 1.165) is 19.5 Å². The van der Waals surface area contributed by atoms with E-state index in [1.165, 1.54) is 5.56 Å². The van der Waals surface area contributed by atoms with E-state index in [1.54, 1.807) is 0 Å². The SMILES string of the molecule is CCCNC(C)C(=O)N(CC)Cc1ccccc1.Cl. The second-order valence-electron chi connectivity index (χ2n) is 4.51. The summed E-state index contributed by atoms with van der Waals surface area (Å²) in [6, 6.07) is 10.0. The van der Waals surface area contributed by atoms with E-state index < -0.39 is 0 Å². The number of carbonyl (C=O) groups is 1. The molecule has 0 fully saturated rings. The van der Waals surface area contributed by atoms with E-state index in [9.17, 15) is 4.79 Å². The molecule has 108 valence electrons. The number of likely N-dealkylation sites (N-methyl/N-ethyl adjacent to an activating group) is 1. The van der Waals surface area contributed by atoms with Crippen LogP contribution in [0.25, 0.3) is 0 Å². The normalized spacial score (nSPS) is 11.5. The summed E-state index contributed by atoms with van der Waals surface area (Å²) in [6.07, 6.45) is 1.04. The molecule has 0 aliphatic carbocycles. The lowest BCUT2D eigenvalue weighted by Gasteiger charge is -2.25. The van der Waals surface area contributed by atoms with Gasteiger partial charge in [-0.1, -0.05) is 37.3 Å². The molecule has 4 heteroatoms. The van der Waals surface area contributed by atoms with Crippen molar-refractivity contribution in [3.05, 3.63) is 35.9 Å². The Bertz CT molecular complexity index is 356. The van der Waals surface area contributed by atoms with Crippen molar-refractivity contribution in [3.8, 4) is 0 Å². The zero-order valence-corrected chi connectivity index (χ0v) is 12.9. The lowest BCUT2D eigenvalue weighted by Crippen LogP contribution is -2.44. The topological polar surface area (TPSA) is 32.3 Å². The van der Waals surface area contributed by atoms with E-state index in [1.807, 2.05) is 36.9 Å². The van der Waals surface area contributed by atoms with E-state index in [4.69, 9.17) is 0 Å². The Kier molecular flexibility index (Phi) is 9.27. The summed E-state index contributed by atoms with van der Waals surface area (Å²) in [5, 5.41) is 3.24. The van der Waals surface area contributed by atoms with Crippen LogP contribution in [0.4, 0.5) is 0 Å². The molecule has 1 aromatic carbocycles. The van der Waals surface area contributed by atoms with Gasteiger partial charge >= 0.3 is 0 Å². The largest absolute Gasteiger partial charge is 0.337 e. The molecule has 19 heavy (non-hydrogen) atoms. The molecular formula is C15H25ClN2O. The van der Waals surface area contributed by atoms with Crippen LogP contribution in [0.5, 0.6) is 0 Å². The van der Waals surface area contributed by atoms with Gasteiger partial charge in [0.05, 0.1) is 6.04 Å². The van der Waals surface area contributed by atoms with Crippen LogP contribution in [-0.4, -0.2) is 29.9 Å². The molecule has 1 N–H and O–H groups in total. The van der Waals surface area contributed by atoms with Gasteiger partial charge in [0.2, 0.25) is 5.91 Å². The van der Waals surface area contributed by atoms with E-state index in [0.29, 0.717) is 6.54 Å². The minimum absolute atomic E-state index is 0. The first-order valence-electron chi connectivity index (χ1n) is 6.75. The average molecular weight is 285 g/mol. The predicted molar refractivity (Wildman–Crippen MR) is 82.5 cm³/mol. The number of nitrogens with one attached hydrogen (secondary N) is 1. The summed E-state index contributed by atoms with van der Waals surface area (Å²) in [5.74, 6) is 0.176. The third kappa shape index (κ3) is 6.08. The molecule has 0 heterocycles. The maximum atomic E-state index is 12.2. The maximum Gasteiger partial charge on any atom is 0.239 e. The lowest BCUT2D eigenvalue weighted by molar-refractivity contribution is -0.133. The van der Waals surface area contributed by atoms with Gasteiger partial charge in [-0.2, -0.15) is 0 Å². The molecule has 1 aromatic rings. The van der Waals surface area contributed by atoms with Gasteiger partial charge in [0.15, 0.2) is 0 Å². The summed E-state index contributed by atoms with van der Waals surface area (Å²) in [6.45, 7) is 8.38. The Morgan fingerprint density at radius 3 is 2.42 bits per heavy atom. The molecule has 3 nitrogen and oxygen atoms in total. The molecule has 0 spiro atoms. The summed E-state index contributed by atoms with van der Waals surface area (Å²) < 4.78 is 0. The van der Waals surface area contributed by atoms with E-state index in [2.05, 4.69) is 24.4 Å². The number of amides is 1. The van der Waals surface area contributed by atoms with Gasteiger partial charge in [0.25, 0.3) is 0 Å². The zero-order chi connectivity index (χ0) is 13.4. The summed E-state index contributed by atoms with van der Waals surface area (Å²) in [4.78, 5) is 14.1. The summed E-state index contributed by atoms with van der Waals surface area (Å²) >= 11 is 0. The first-order valence-corrected chi connectivity index (χ1v) is 6.75. The van der Waals surface area contributed by atoms with Gasteiger partial charge in [0, 0.05) is 13.1 Å². The highest BCUT2D eigenvalue weighted by atomic mass is 35.5. The van der Waals surface area contributed by atoms with Crippen LogP contribution < -0.4 is 5.32 Å². The monoisotopic (exact) mass is 284 g/mol. The number of carbonyl (C=O) groups excluding carboxylic acids is 1. The van der Waals surface area contributed by atoms with Crippen molar-refractivity contribution in [2.45, 2.75) is 39.8 Å². The quantitative estimate of drug-likeness (QED) is 0.835. The molecule has 1 rings (SSSR count). The molecule has 0 bridgehead atoms. The first kappa shape index (κ1) is 17.9. The van der Waals surface area contributed by atoms with Gasteiger partial charge in [-0.05, 0) is 32.4 Å². The van der Waals surface area contributed by atoms with Crippen molar-refractivity contribution in [1.29, 1.82) is 0 Å². The lowest BCUT2D eigenvalue weighted by atomic mass is 10.2. The van der Waals surface area contributed by atoms with Gasteiger partial charge in [-0.3, -0.25) is 4.79 Å². The van der Waals surface area contributed by atoms with E-state index in [-0.39, 0.29) is 24.4 Å². The smallest absolute Gasteiger partial charge is 0.239 e. The standard InChI is InChI=1S/C15H24N2O.ClH/c1-4-11-16-13(3)15(18)17(5-2)12-14-9-7-6-8-10-14;/h6-10,13,16H,4-5,11-12H2,1-3H3;1H. The second kappa shape index (κ2) is 9.82. The number of rotatable bonds is 7. The Morgan fingerprint density at radius 2 is 1.89 bits per heavy atom. The minimum Gasteiger partial charge on any atom is -0.337 e. The molecule has 1 unspecified atom stereocenters. The third-order valence-electron chi connectivity index (χ3n) is 2.98. The van der Waals surface area contributed by atoms with Crippen LogP contribution in [0.3, 0.4) is 0 Å². The maximum absolute atomic E-state index is 12.2. The first-order chi connectivity index (χ1) is 8.69. The van der Waals surface area contributed by atoms with Crippen LogP contribution in [0.1, 0.15) is 32.8 Å². The average Bonchev–Trinajstić information content (AvgIpc) is 2.42. The highest BCUT2D eigenvalue weighted by Crippen LogP contribution is 2.06. The number of hydrogen-bond acceptors (Lipinski definition) is 2. The molecular weight excluding hydrogens is 260 g/mol. The van der Waals surface area contributed by atoms with E-state index >= 15 is 0 Å². The number of benzene rings is 1. The van der Waals surface area contributed by atoms with Crippen LogP contribution in [0.2, 0.25) is 0 Å². The van der Waals surface area contributed by atoms with Crippen molar-refractivity contribution in [3.63, 3.8) is 0 Å². The van der Waals surface area contributed by atoms with Crippen LogP contribution in [0.15, 0.2) is 30.3 Å². The van der Waals surface area contributed by atoms with Crippen molar-refractivity contribution < 1.29 is 4.79 Å². The Balaban J connectivity index is 0.00000324. The van der Waals surface area contributed by atoms with Gasteiger partial charge in [-0.25, -0.2) is 0 Å². The summed E-state index contributed by atoms with van der Waals surface area (Å²) in [5.41, 5.74) is 1.18. The predicted octanol–water partition coefficient (Wildman–Crippen LogP) is 2.85. The number of halogens is 1. The van der Waals surface area contributed by atoms with Crippen molar-refractivity contribution in [2.75, 3.05) is 13.1 Å². The fourth-order valence-corrected chi connectivity index (χ4v) is 1.87. The van der Waals surface area contributed by atoms with Gasteiger partial charge in [-0.15, -0.1) is 12.4 Å². The van der Waals surface area contributed by atoms with Gasteiger partial charge < -0.3 is 10.2 Å². The van der Waals surface area contributed by atoms with Crippen molar-refractivity contribution >= 4 is 18.3 Å². The fraction of sp³-hybridized carbons (Fsp3) is 0.533. The van der Waals surface area contributed by atoms with Crippen molar-refractivity contribution in [1.82, 2.24) is 10.2 Å². The molecule has 1 amide bonds. The zero-order valence-electron chi connectivity index (χ0n) is 12.1. The molecule has 0 saturated heterocycles. The fourth-order valence-electron chi connectivity index (χ4n) is 1.87. The summed E-state index contributed by atoms with van der Waals surface area (Å²) in [7, 11) is 0. The second-order valence-corrected chi connectivity index (χ2v) is 4.51. The van der Waals surface area contributed by atoms with Crippen molar-refractivity contribution in [2.24, 2.45) is 0 Å². The van der Waals surface area contributed by atoms with Gasteiger partial charge in [0.1, 0.15) is 0 Å². The Labute approximate surface area is 122 Å². The van der Waals surface area contributed by atoms with Crippen LogP contribution >= 0.6 is 12.4 Å². The molecule has 0 aromatic heterocycles. The molecule has 0 aliphatic rings. The molecule has 0 radical (unpaired) electrons. The number of nitrogens with zero attached hydrogens (tertiary/aromatic N) is 1. The van der Waals surface area contributed by atoms with Crippen LogP contribution in [-0.2, 0) is 11.3 Å².